The van der Waals surface area contributed by atoms with E-state index in [0.717, 1.165) is 32.2 Å². The van der Waals surface area contributed by atoms with Crippen LogP contribution in [0.25, 0.3) is 0 Å². The highest BCUT2D eigenvalue weighted by molar-refractivity contribution is 5.88. The van der Waals surface area contributed by atoms with Gasteiger partial charge in [0.1, 0.15) is 6.04 Å². The number of amides is 2. The van der Waals surface area contributed by atoms with Crippen molar-refractivity contribution in [3.63, 3.8) is 0 Å². The van der Waals surface area contributed by atoms with Crippen LogP contribution in [0.3, 0.4) is 0 Å². The summed E-state index contributed by atoms with van der Waals surface area (Å²) in [4.78, 5) is 22.9. The average molecular weight is 241 g/mol. The van der Waals surface area contributed by atoms with Crippen molar-refractivity contribution in [2.45, 2.75) is 37.8 Å². The monoisotopic (exact) mass is 241 g/mol. The number of hydrogen-bond donors (Lipinski definition) is 4. The van der Waals surface area contributed by atoms with Crippen LogP contribution in [0.2, 0.25) is 0 Å². The zero-order chi connectivity index (χ0) is 12.5. The van der Waals surface area contributed by atoms with Crippen LogP contribution >= 0.6 is 0 Å². The molecular formula is C11H19N3O3. The third-order valence-electron chi connectivity index (χ3n) is 3.89. The van der Waals surface area contributed by atoms with E-state index in [1.807, 2.05) is 0 Å². The molecule has 0 aromatic heterocycles. The minimum absolute atomic E-state index is 0.0825. The van der Waals surface area contributed by atoms with E-state index in [-0.39, 0.29) is 29.9 Å². The van der Waals surface area contributed by atoms with Crippen molar-refractivity contribution < 1.29 is 14.7 Å². The van der Waals surface area contributed by atoms with Crippen LogP contribution in [0.1, 0.15) is 25.7 Å². The van der Waals surface area contributed by atoms with Gasteiger partial charge >= 0.3 is 0 Å². The second-order valence-corrected chi connectivity index (χ2v) is 5.03. The Bertz CT molecular complexity index is 324. The van der Waals surface area contributed by atoms with Gasteiger partial charge in [0.15, 0.2) is 0 Å². The first-order chi connectivity index (χ1) is 8.07. The summed E-state index contributed by atoms with van der Waals surface area (Å²) in [5, 5.41) is 14.3. The summed E-state index contributed by atoms with van der Waals surface area (Å²) in [5.41, 5.74) is 5.25. The number of nitrogens with one attached hydrogen (secondary N) is 2. The fourth-order valence-electron chi connectivity index (χ4n) is 2.52. The van der Waals surface area contributed by atoms with Gasteiger partial charge in [-0.3, -0.25) is 9.59 Å². The molecule has 1 heterocycles. The predicted molar refractivity (Wildman–Crippen MR) is 60.9 cm³/mol. The molecule has 0 aromatic rings. The van der Waals surface area contributed by atoms with E-state index in [2.05, 4.69) is 10.6 Å². The predicted octanol–water partition coefficient (Wildman–Crippen LogP) is -1.52. The van der Waals surface area contributed by atoms with Gasteiger partial charge in [-0.05, 0) is 25.7 Å². The number of hydrogen-bond acceptors (Lipinski definition) is 4. The van der Waals surface area contributed by atoms with Gasteiger partial charge in [0.25, 0.3) is 0 Å². The molecule has 5 N–H and O–H groups in total. The quantitative estimate of drug-likeness (QED) is 0.450. The third-order valence-corrected chi connectivity index (χ3v) is 3.89. The first kappa shape index (κ1) is 12.3. The van der Waals surface area contributed by atoms with E-state index in [1.54, 1.807) is 0 Å². The van der Waals surface area contributed by atoms with E-state index in [1.165, 1.54) is 0 Å². The van der Waals surface area contributed by atoms with Gasteiger partial charge in [-0.2, -0.15) is 0 Å². The van der Waals surface area contributed by atoms with Crippen molar-refractivity contribution in [1.82, 2.24) is 10.6 Å². The van der Waals surface area contributed by atoms with Crippen molar-refractivity contribution in [2.75, 3.05) is 13.2 Å². The van der Waals surface area contributed by atoms with Crippen molar-refractivity contribution >= 4 is 11.8 Å². The Labute approximate surface area is 99.9 Å². The van der Waals surface area contributed by atoms with Gasteiger partial charge in [0.2, 0.25) is 11.8 Å². The molecule has 6 nitrogen and oxygen atoms in total. The molecule has 0 aromatic carbocycles. The van der Waals surface area contributed by atoms with Gasteiger partial charge in [-0.1, -0.05) is 0 Å². The van der Waals surface area contributed by atoms with Crippen LogP contribution in [0.5, 0.6) is 0 Å². The van der Waals surface area contributed by atoms with Gasteiger partial charge in [0.05, 0.1) is 12.0 Å². The molecule has 1 saturated heterocycles. The molecule has 0 radical (unpaired) electrons. The Balaban J connectivity index is 1.79. The second-order valence-electron chi connectivity index (χ2n) is 5.03. The SMILES string of the molecule is N[C@@H](CO)C(=O)NC1CCC2(CC1)CNC2=O. The summed E-state index contributed by atoms with van der Waals surface area (Å²) in [7, 11) is 0. The maximum absolute atomic E-state index is 11.5. The summed E-state index contributed by atoms with van der Waals surface area (Å²) in [6, 6.07) is -0.767. The van der Waals surface area contributed by atoms with E-state index in [4.69, 9.17) is 10.8 Å². The molecule has 1 spiro atoms. The number of nitrogens with two attached hydrogens (primary N) is 1. The Morgan fingerprint density at radius 2 is 2.24 bits per heavy atom. The maximum Gasteiger partial charge on any atom is 0.239 e. The number of aliphatic hydroxyl groups is 1. The summed E-state index contributed by atoms with van der Waals surface area (Å²) < 4.78 is 0. The van der Waals surface area contributed by atoms with Gasteiger partial charge < -0.3 is 21.5 Å². The van der Waals surface area contributed by atoms with Crippen LogP contribution in [-0.4, -0.2) is 42.2 Å². The lowest BCUT2D eigenvalue weighted by atomic mass is 9.68. The number of aliphatic hydroxyl groups excluding tert-OH is 1. The molecule has 2 fully saturated rings. The van der Waals surface area contributed by atoms with Crippen LogP contribution in [-0.2, 0) is 9.59 Å². The van der Waals surface area contributed by atoms with Crippen LogP contribution < -0.4 is 16.4 Å². The Kier molecular flexibility index (Phi) is 3.35. The maximum atomic E-state index is 11.5. The normalized spacial score (nSPS) is 33.8. The number of β-lactam (4-membered cyclic amide) rings is 1. The molecule has 2 aliphatic rings. The van der Waals surface area contributed by atoms with Crippen molar-refractivity contribution in [3.8, 4) is 0 Å². The van der Waals surface area contributed by atoms with E-state index in [9.17, 15) is 9.59 Å². The van der Waals surface area contributed by atoms with Gasteiger partial charge in [0, 0.05) is 12.6 Å². The molecule has 2 rings (SSSR count). The Morgan fingerprint density at radius 1 is 1.59 bits per heavy atom. The molecule has 17 heavy (non-hydrogen) atoms. The highest BCUT2D eigenvalue weighted by Crippen LogP contribution is 2.40. The molecule has 0 bridgehead atoms. The molecule has 2 amide bonds. The number of rotatable bonds is 3. The van der Waals surface area contributed by atoms with Crippen LogP contribution in [0, 0.1) is 5.41 Å². The van der Waals surface area contributed by atoms with E-state index in [0.29, 0.717) is 0 Å². The molecule has 0 unspecified atom stereocenters. The average Bonchev–Trinajstić information content (AvgIpc) is 2.36. The number of carbonyl (C=O) groups is 2. The molecule has 1 aliphatic carbocycles. The van der Waals surface area contributed by atoms with Crippen LogP contribution in [0.15, 0.2) is 0 Å². The Hall–Kier alpha value is -1.14. The lowest BCUT2D eigenvalue weighted by molar-refractivity contribution is -0.143. The summed E-state index contributed by atoms with van der Waals surface area (Å²) in [6.07, 6.45) is 3.24. The number of carbonyl (C=O) groups excluding carboxylic acids is 2. The lowest BCUT2D eigenvalue weighted by Crippen LogP contribution is -2.61. The van der Waals surface area contributed by atoms with Gasteiger partial charge in [-0.25, -0.2) is 0 Å². The Morgan fingerprint density at radius 3 is 2.65 bits per heavy atom. The molecule has 1 saturated carbocycles. The highest BCUT2D eigenvalue weighted by atomic mass is 16.3. The minimum Gasteiger partial charge on any atom is -0.394 e. The molecule has 1 aliphatic heterocycles. The zero-order valence-corrected chi connectivity index (χ0v) is 9.74. The van der Waals surface area contributed by atoms with Gasteiger partial charge in [-0.15, -0.1) is 0 Å². The first-order valence-corrected chi connectivity index (χ1v) is 6.02. The smallest absolute Gasteiger partial charge is 0.239 e. The lowest BCUT2D eigenvalue weighted by Gasteiger charge is -2.45. The van der Waals surface area contributed by atoms with Crippen molar-refractivity contribution in [3.05, 3.63) is 0 Å². The highest BCUT2D eigenvalue weighted by Gasteiger charge is 2.48. The minimum atomic E-state index is -0.849. The molecule has 1 atom stereocenters. The van der Waals surface area contributed by atoms with Crippen LogP contribution in [0.4, 0.5) is 0 Å². The fourth-order valence-corrected chi connectivity index (χ4v) is 2.52. The third kappa shape index (κ3) is 2.28. The molecule has 96 valence electrons. The summed E-state index contributed by atoms with van der Waals surface area (Å²) >= 11 is 0. The van der Waals surface area contributed by atoms with E-state index >= 15 is 0 Å². The molecule has 6 heteroatoms. The van der Waals surface area contributed by atoms with Crippen molar-refractivity contribution in [1.29, 1.82) is 0 Å². The topological polar surface area (TPSA) is 104 Å². The summed E-state index contributed by atoms with van der Waals surface area (Å²) in [6.45, 7) is 0.424. The van der Waals surface area contributed by atoms with Crippen molar-refractivity contribution in [2.24, 2.45) is 11.1 Å². The van der Waals surface area contributed by atoms with E-state index < -0.39 is 6.04 Å². The standard InChI is InChI=1S/C11H19N3O3/c12-8(5-15)9(16)14-7-1-3-11(4-2-7)6-13-10(11)17/h7-8,15H,1-6,12H2,(H,13,17)(H,14,16)/t7?,8-,11?/m0/s1. The zero-order valence-electron chi connectivity index (χ0n) is 9.74. The summed E-state index contributed by atoms with van der Waals surface area (Å²) in [5.74, 6) is -0.166. The largest absolute Gasteiger partial charge is 0.394 e. The first-order valence-electron chi connectivity index (χ1n) is 6.02. The second kappa shape index (κ2) is 4.62. The molecular weight excluding hydrogens is 222 g/mol. The fraction of sp³-hybridized carbons (Fsp3) is 0.818.